The third kappa shape index (κ3) is 4.93. The molecule has 8 heteroatoms. The first-order valence-electron chi connectivity index (χ1n) is 10.1. The molecule has 1 aromatic rings. The average Bonchev–Trinajstić information content (AvgIpc) is 2.95. The number of hydrogen-bond donors (Lipinski definition) is 2. The Bertz CT molecular complexity index is 753. The molecule has 1 saturated heterocycles. The van der Waals surface area contributed by atoms with E-state index in [0.29, 0.717) is 28.5 Å². The van der Waals surface area contributed by atoms with E-state index in [2.05, 4.69) is 33.9 Å². The molecule has 3 atom stereocenters. The molecule has 0 bridgehead atoms. The molecule has 164 valence electrons. The molecule has 1 aliphatic heterocycles. The molecule has 29 heavy (non-hydrogen) atoms. The van der Waals surface area contributed by atoms with E-state index < -0.39 is 26.1 Å². The van der Waals surface area contributed by atoms with Gasteiger partial charge >= 0.3 is 6.09 Å². The van der Waals surface area contributed by atoms with Gasteiger partial charge in [-0.1, -0.05) is 63.4 Å². The van der Waals surface area contributed by atoms with Gasteiger partial charge in [0.05, 0.1) is 21.7 Å². The van der Waals surface area contributed by atoms with Crippen molar-refractivity contribution in [3.63, 3.8) is 0 Å². The highest BCUT2D eigenvalue weighted by Crippen LogP contribution is 2.47. The third-order valence-electron chi connectivity index (χ3n) is 6.45. The van der Waals surface area contributed by atoms with Crippen molar-refractivity contribution in [2.75, 3.05) is 6.54 Å². The number of nitrogens with zero attached hydrogens (tertiary/aromatic N) is 1. The van der Waals surface area contributed by atoms with E-state index in [1.807, 2.05) is 6.92 Å². The van der Waals surface area contributed by atoms with Gasteiger partial charge in [-0.3, -0.25) is 4.90 Å². The summed E-state index contributed by atoms with van der Waals surface area (Å²) >= 11 is 12.2. The summed E-state index contributed by atoms with van der Waals surface area (Å²) in [5.74, 6) is 0. The molecule has 3 unspecified atom stereocenters. The van der Waals surface area contributed by atoms with Crippen LogP contribution in [0.1, 0.15) is 58.6 Å². The molecule has 0 aromatic heterocycles. The third-order valence-corrected chi connectivity index (χ3v) is 11.7. The zero-order valence-corrected chi connectivity index (χ0v) is 20.6. The number of likely N-dealkylation sites (tertiary alicyclic amines) is 1. The maximum atomic E-state index is 12.2. The van der Waals surface area contributed by atoms with Crippen LogP contribution in [0.5, 0.6) is 0 Å². The minimum absolute atomic E-state index is 0.0133. The predicted octanol–water partition coefficient (Wildman–Crippen LogP) is 6.34. The normalized spacial score (nSPS) is 24.0. The monoisotopic (exact) mass is 461 g/mol. The number of amides is 1. The summed E-state index contributed by atoms with van der Waals surface area (Å²) in [6.07, 6.45) is -0.620. The second kappa shape index (κ2) is 8.75. The number of carboxylic acid groups (broad SMARTS) is 1. The summed E-state index contributed by atoms with van der Waals surface area (Å²) in [6.45, 7) is 13.0. The SMILES string of the molecule is CCCC1(C(O)c2ccc(Cl)c(Cl)c2)CC(O[Si](C)(C)C(C)(C)C)CN1C(=O)O. The van der Waals surface area contributed by atoms with Crippen molar-refractivity contribution in [2.24, 2.45) is 0 Å². The lowest BCUT2D eigenvalue weighted by Gasteiger charge is -2.41. The molecule has 1 heterocycles. The molecule has 2 rings (SSSR count). The first-order chi connectivity index (χ1) is 13.2. The fourth-order valence-electron chi connectivity index (χ4n) is 3.95. The van der Waals surface area contributed by atoms with Gasteiger partial charge in [0.15, 0.2) is 8.32 Å². The maximum absolute atomic E-state index is 12.2. The Hall–Kier alpha value is -0.793. The Morgan fingerprint density at radius 1 is 1.34 bits per heavy atom. The Balaban J connectivity index is 2.43. The molecular formula is C21H33Cl2NO4Si. The Kier molecular flexibility index (Phi) is 7.39. The average molecular weight is 462 g/mol. The minimum Gasteiger partial charge on any atom is -0.465 e. The van der Waals surface area contributed by atoms with Crippen LogP contribution in [0.25, 0.3) is 0 Å². The van der Waals surface area contributed by atoms with Crippen LogP contribution in [-0.2, 0) is 4.43 Å². The lowest BCUT2D eigenvalue weighted by molar-refractivity contribution is -0.00896. The number of benzene rings is 1. The van der Waals surface area contributed by atoms with Crippen LogP contribution in [0.15, 0.2) is 18.2 Å². The van der Waals surface area contributed by atoms with E-state index >= 15 is 0 Å². The first kappa shape index (κ1) is 24.5. The minimum atomic E-state index is -2.09. The van der Waals surface area contributed by atoms with E-state index in [4.69, 9.17) is 27.6 Å². The molecule has 0 aliphatic carbocycles. The van der Waals surface area contributed by atoms with Gasteiger partial charge in [-0.25, -0.2) is 4.79 Å². The molecule has 1 fully saturated rings. The smallest absolute Gasteiger partial charge is 0.407 e. The number of carbonyl (C=O) groups is 1. The van der Waals surface area contributed by atoms with Crippen LogP contribution >= 0.6 is 23.2 Å². The largest absolute Gasteiger partial charge is 0.465 e. The molecule has 5 nitrogen and oxygen atoms in total. The topological polar surface area (TPSA) is 70.0 Å². The molecule has 1 aromatic carbocycles. The van der Waals surface area contributed by atoms with E-state index in [-0.39, 0.29) is 17.7 Å². The van der Waals surface area contributed by atoms with Gasteiger partial charge in [-0.2, -0.15) is 0 Å². The lowest BCUT2D eigenvalue weighted by atomic mass is 9.81. The maximum Gasteiger partial charge on any atom is 0.407 e. The number of aliphatic hydroxyl groups excluding tert-OH is 1. The Morgan fingerprint density at radius 3 is 2.45 bits per heavy atom. The van der Waals surface area contributed by atoms with Crippen LogP contribution in [0.2, 0.25) is 28.2 Å². The molecule has 2 N–H and O–H groups in total. The zero-order chi connectivity index (χ0) is 22.2. The van der Waals surface area contributed by atoms with Crippen molar-refractivity contribution >= 4 is 37.6 Å². The molecule has 0 spiro atoms. The van der Waals surface area contributed by atoms with Crippen LogP contribution < -0.4 is 0 Å². The van der Waals surface area contributed by atoms with E-state index in [1.165, 1.54) is 4.90 Å². The summed E-state index contributed by atoms with van der Waals surface area (Å²) < 4.78 is 6.55. The molecule has 1 amide bonds. The zero-order valence-electron chi connectivity index (χ0n) is 18.1. The second-order valence-corrected chi connectivity index (χ2v) is 15.1. The molecule has 0 radical (unpaired) electrons. The van der Waals surface area contributed by atoms with Gasteiger partial charge in [0.2, 0.25) is 0 Å². The fraction of sp³-hybridized carbons (Fsp3) is 0.667. The van der Waals surface area contributed by atoms with Crippen LogP contribution in [-0.4, -0.2) is 47.7 Å². The van der Waals surface area contributed by atoms with E-state index in [0.717, 1.165) is 6.42 Å². The van der Waals surface area contributed by atoms with Crippen molar-refractivity contribution in [1.29, 1.82) is 0 Å². The van der Waals surface area contributed by atoms with E-state index in [9.17, 15) is 15.0 Å². The quantitative estimate of drug-likeness (QED) is 0.484. The van der Waals surface area contributed by atoms with Gasteiger partial charge in [-0.15, -0.1) is 0 Å². The van der Waals surface area contributed by atoms with Gasteiger partial charge < -0.3 is 14.6 Å². The highest BCUT2D eigenvalue weighted by molar-refractivity contribution is 6.74. The summed E-state index contributed by atoms with van der Waals surface area (Å²) in [5.41, 5.74) is -0.405. The van der Waals surface area contributed by atoms with Gasteiger partial charge in [0.1, 0.15) is 6.10 Å². The Labute approximate surface area is 185 Å². The van der Waals surface area contributed by atoms with Gasteiger partial charge in [0, 0.05) is 13.0 Å². The second-order valence-electron chi connectivity index (χ2n) is 9.53. The fourth-order valence-corrected chi connectivity index (χ4v) is 5.61. The molecule has 1 aliphatic rings. The van der Waals surface area contributed by atoms with Crippen LogP contribution in [0.3, 0.4) is 0 Å². The van der Waals surface area contributed by atoms with Crippen molar-refractivity contribution in [3.8, 4) is 0 Å². The number of hydrogen-bond acceptors (Lipinski definition) is 3. The number of rotatable bonds is 6. The Morgan fingerprint density at radius 2 is 1.97 bits per heavy atom. The van der Waals surface area contributed by atoms with Crippen LogP contribution in [0.4, 0.5) is 4.79 Å². The number of halogens is 2. The van der Waals surface area contributed by atoms with Crippen molar-refractivity contribution in [3.05, 3.63) is 33.8 Å². The number of aliphatic hydroxyl groups is 1. The predicted molar refractivity (Wildman–Crippen MR) is 120 cm³/mol. The van der Waals surface area contributed by atoms with Gasteiger partial charge in [0.25, 0.3) is 0 Å². The molecular weight excluding hydrogens is 429 g/mol. The molecule has 0 saturated carbocycles. The lowest BCUT2D eigenvalue weighted by Crippen LogP contribution is -2.51. The van der Waals surface area contributed by atoms with Crippen molar-refractivity contribution < 1.29 is 19.4 Å². The van der Waals surface area contributed by atoms with Crippen molar-refractivity contribution in [2.45, 2.75) is 82.8 Å². The summed E-state index contributed by atoms with van der Waals surface area (Å²) in [5, 5.41) is 22.1. The van der Waals surface area contributed by atoms with Crippen molar-refractivity contribution in [1.82, 2.24) is 4.90 Å². The summed E-state index contributed by atoms with van der Waals surface area (Å²) in [6, 6.07) is 4.96. The van der Waals surface area contributed by atoms with Gasteiger partial charge in [-0.05, 0) is 42.2 Å². The first-order valence-corrected chi connectivity index (χ1v) is 13.7. The standard InChI is InChI=1S/C21H33Cl2NO4Si/c1-7-10-21(18(25)14-8-9-16(22)17(23)11-14)12-15(13-24(21)19(26)27)28-29(5,6)20(2,3)4/h8-9,11,15,18,25H,7,10,12-13H2,1-6H3,(H,26,27). The summed E-state index contributed by atoms with van der Waals surface area (Å²) in [4.78, 5) is 13.6. The highest BCUT2D eigenvalue weighted by Gasteiger charge is 2.54. The van der Waals surface area contributed by atoms with Crippen LogP contribution in [0, 0.1) is 0 Å². The summed E-state index contributed by atoms with van der Waals surface area (Å²) in [7, 11) is -2.09. The van der Waals surface area contributed by atoms with E-state index in [1.54, 1.807) is 18.2 Å². The highest BCUT2D eigenvalue weighted by atomic mass is 35.5.